The molecule has 2 unspecified atom stereocenters. The molecule has 6 heteroatoms. The van der Waals surface area contributed by atoms with Crippen molar-refractivity contribution in [2.45, 2.75) is 25.0 Å². The van der Waals surface area contributed by atoms with E-state index in [1.54, 1.807) is 7.11 Å². The van der Waals surface area contributed by atoms with Crippen LogP contribution in [-0.2, 0) is 11.8 Å². The molecule has 2 rings (SSSR count). The van der Waals surface area contributed by atoms with Gasteiger partial charge in [0.15, 0.2) is 0 Å². The van der Waals surface area contributed by atoms with Crippen LogP contribution in [0.15, 0.2) is 24.3 Å². The summed E-state index contributed by atoms with van der Waals surface area (Å²) in [5.74, 6) is 0.852. The lowest BCUT2D eigenvalue weighted by Crippen LogP contribution is -2.30. The first-order valence-corrected chi connectivity index (χ1v) is 10.3. The maximum Gasteiger partial charge on any atom is 0.118 e. The van der Waals surface area contributed by atoms with Crippen molar-refractivity contribution in [2.75, 3.05) is 7.11 Å². The predicted molar refractivity (Wildman–Crippen MR) is 88.9 cm³/mol. The standard InChI is InChI=1S/C12H16NOPS3/c1-4-12(2)11(16)13-15(17,18-12)10-7-5-9(14-3)6-8-10/h5-8H,4H2,1-3H3,(H,13,16,17). The minimum atomic E-state index is -1.84. The monoisotopic (exact) mass is 317 g/mol. The quantitative estimate of drug-likeness (QED) is 0.679. The summed E-state index contributed by atoms with van der Waals surface area (Å²) in [7, 11) is 1.67. The van der Waals surface area contributed by atoms with Gasteiger partial charge in [-0.1, -0.05) is 42.3 Å². The van der Waals surface area contributed by atoms with Crippen LogP contribution in [0.5, 0.6) is 5.75 Å². The Bertz CT molecular complexity index is 517. The summed E-state index contributed by atoms with van der Waals surface area (Å²) in [6.45, 7) is 4.32. The highest BCUT2D eigenvalue weighted by molar-refractivity contribution is 8.74. The fourth-order valence-electron chi connectivity index (χ4n) is 1.72. The summed E-state index contributed by atoms with van der Waals surface area (Å²) in [5.41, 5.74) is 0. The predicted octanol–water partition coefficient (Wildman–Crippen LogP) is 3.46. The van der Waals surface area contributed by atoms with Crippen LogP contribution in [0.3, 0.4) is 0 Å². The fourth-order valence-corrected chi connectivity index (χ4v) is 10.8. The van der Waals surface area contributed by atoms with Crippen LogP contribution in [0.1, 0.15) is 20.3 Å². The lowest BCUT2D eigenvalue weighted by Gasteiger charge is -2.20. The highest BCUT2D eigenvalue weighted by Gasteiger charge is 2.44. The SMILES string of the molecule is CCC1(C)SP(=S)(c2ccc(OC)cc2)NC1=S. The molecule has 0 radical (unpaired) electrons. The largest absolute Gasteiger partial charge is 0.497 e. The van der Waals surface area contributed by atoms with E-state index in [0.29, 0.717) is 0 Å². The van der Waals surface area contributed by atoms with Crippen molar-refractivity contribution >= 4 is 51.1 Å². The number of rotatable bonds is 3. The fraction of sp³-hybridized carbons (Fsp3) is 0.417. The molecular weight excluding hydrogens is 301 g/mol. The third-order valence-electron chi connectivity index (χ3n) is 3.15. The summed E-state index contributed by atoms with van der Waals surface area (Å²) in [4.78, 5) is 0.897. The normalized spacial score (nSPS) is 31.2. The molecule has 0 saturated carbocycles. The highest BCUT2D eigenvalue weighted by Crippen LogP contribution is 2.65. The number of ether oxygens (including phenoxy) is 1. The Morgan fingerprint density at radius 2 is 2.00 bits per heavy atom. The Morgan fingerprint density at radius 1 is 1.39 bits per heavy atom. The van der Waals surface area contributed by atoms with Crippen LogP contribution < -0.4 is 15.1 Å². The van der Waals surface area contributed by atoms with Gasteiger partial charge in [-0.3, -0.25) is 0 Å². The molecule has 1 N–H and O–H groups in total. The number of hydrogen-bond donors (Lipinski definition) is 1. The van der Waals surface area contributed by atoms with E-state index in [4.69, 9.17) is 28.8 Å². The van der Waals surface area contributed by atoms with Crippen LogP contribution >= 0.6 is 29.0 Å². The maximum absolute atomic E-state index is 5.84. The van der Waals surface area contributed by atoms with E-state index in [-0.39, 0.29) is 4.75 Å². The van der Waals surface area contributed by atoms with Crippen LogP contribution in [-0.4, -0.2) is 16.8 Å². The summed E-state index contributed by atoms with van der Waals surface area (Å²) in [6.07, 6.45) is 0.998. The average Bonchev–Trinajstić information content (AvgIpc) is 2.62. The Hall–Kier alpha value is -0.0900. The van der Waals surface area contributed by atoms with Gasteiger partial charge >= 0.3 is 0 Å². The molecule has 1 aliphatic heterocycles. The van der Waals surface area contributed by atoms with Crippen LogP contribution in [0.2, 0.25) is 0 Å². The van der Waals surface area contributed by atoms with Crippen molar-refractivity contribution in [3.63, 3.8) is 0 Å². The number of hydrogen-bond acceptors (Lipinski definition) is 4. The van der Waals surface area contributed by atoms with Gasteiger partial charge in [0.2, 0.25) is 0 Å². The molecule has 1 aromatic rings. The van der Waals surface area contributed by atoms with Gasteiger partial charge in [-0.2, -0.15) is 0 Å². The summed E-state index contributed by atoms with van der Waals surface area (Å²) < 4.78 is 5.15. The molecule has 18 heavy (non-hydrogen) atoms. The zero-order valence-corrected chi connectivity index (χ0v) is 13.9. The second-order valence-corrected chi connectivity index (χ2v) is 12.2. The van der Waals surface area contributed by atoms with Crippen LogP contribution in [0.4, 0.5) is 0 Å². The molecular formula is C12H16NOPS3. The smallest absolute Gasteiger partial charge is 0.118 e. The molecule has 1 heterocycles. The van der Waals surface area contributed by atoms with Gasteiger partial charge in [0, 0.05) is 5.30 Å². The second kappa shape index (κ2) is 5.12. The summed E-state index contributed by atoms with van der Waals surface area (Å²) in [6, 6.07) is 8.00. The molecule has 0 spiro atoms. The third-order valence-corrected chi connectivity index (χ3v) is 11.1. The van der Waals surface area contributed by atoms with Gasteiger partial charge in [-0.15, -0.1) is 0 Å². The molecule has 0 amide bonds. The van der Waals surface area contributed by atoms with E-state index >= 15 is 0 Å². The first kappa shape index (κ1) is 14.3. The van der Waals surface area contributed by atoms with Gasteiger partial charge in [-0.05, 0) is 37.6 Å². The van der Waals surface area contributed by atoms with Gasteiger partial charge in [0.25, 0.3) is 0 Å². The Kier molecular flexibility index (Phi) is 4.07. The van der Waals surface area contributed by atoms with Crippen molar-refractivity contribution in [3.8, 4) is 5.75 Å². The molecule has 98 valence electrons. The molecule has 0 aliphatic carbocycles. The van der Waals surface area contributed by atoms with Crippen molar-refractivity contribution in [1.82, 2.24) is 5.09 Å². The zero-order valence-electron chi connectivity index (χ0n) is 10.6. The lowest BCUT2D eigenvalue weighted by molar-refractivity contribution is 0.415. The van der Waals surface area contributed by atoms with Gasteiger partial charge < -0.3 is 9.82 Å². The summed E-state index contributed by atoms with van der Waals surface area (Å²) >= 11 is 13.1. The molecule has 1 aromatic carbocycles. The van der Waals surface area contributed by atoms with E-state index < -0.39 is 5.39 Å². The van der Waals surface area contributed by atoms with E-state index in [0.717, 1.165) is 22.5 Å². The van der Waals surface area contributed by atoms with Gasteiger partial charge in [0.05, 0.1) is 16.8 Å². The van der Waals surface area contributed by atoms with Crippen LogP contribution in [0.25, 0.3) is 0 Å². The van der Waals surface area contributed by atoms with Crippen molar-refractivity contribution in [1.29, 1.82) is 0 Å². The van der Waals surface area contributed by atoms with Crippen molar-refractivity contribution < 1.29 is 4.74 Å². The zero-order chi connectivity index (χ0) is 13.4. The first-order valence-electron chi connectivity index (χ1n) is 5.72. The Labute approximate surface area is 123 Å². The van der Waals surface area contributed by atoms with Crippen molar-refractivity contribution in [3.05, 3.63) is 24.3 Å². The number of nitrogens with one attached hydrogen (secondary N) is 1. The maximum atomic E-state index is 5.84. The minimum Gasteiger partial charge on any atom is -0.497 e. The lowest BCUT2D eigenvalue weighted by atomic mass is 10.1. The molecule has 0 aromatic heterocycles. The van der Waals surface area contributed by atoms with E-state index in [1.807, 2.05) is 35.6 Å². The van der Waals surface area contributed by atoms with Crippen molar-refractivity contribution in [2.24, 2.45) is 0 Å². The number of thiocarbonyl (C=S) groups is 1. The molecule has 1 saturated heterocycles. The topological polar surface area (TPSA) is 21.3 Å². The molecule has 1 fully saturated rings. The van der Waals surface area contributed by atoms with E-state index in [2.05, 4.69) is 18.9 Å². The second-order valence-electron chi connectivity index (χ2n) is 4.37. The Morgan fingerprint density at radius 3 is 2.44 bits per heavy atom. The third kappa shape index (κ3) is 2.46. The van der Waals surface area contributed by atoms with E-state index in [9.17, 15) is 0 Å². The van der Waals surface area contributed by atoms with Gasteiger partial charge in [0.1, 0.15) is 11.1 Å². The highest BCUT2D eigenvalue weighted by atomic mass is 32.9. The molecule has 1 aliphatic rings. The average molecular weight is 317 g/mol. The van der Waals surface area contributed by atoms with E-state index in [1.165, 1.54) is 0 Å². The molecule has 2 nitrogen and oxygen atoms in total. The van der Waals surface area contributed by atoms with Gasteiger partial charge in [-0.25, -0.2) is 0 Å². The number of benzene rings is 1. The minimum absolute atomic E-state index is 0.0230. The first-order chi connectivity index (χ1) is 8.43. The Balaban J connectivity index is 2.33. The number of methoxy groups -OCH3 is 1. The summed E-state index contributed by atoms with van der Waals surface area (Å²) in [5, 5.41) is 2.72. The molecule has 0 bridgehead atoms. The van der Waals surface area contributed by atoms with Crippen LogP contribution in [0, 0.1) is 0 Å². The molecule has 2 atom stereocenters.